The van der Waals surface area contributed by atoms with E-state index in [-0.39, 0.29) is 18.5 Å². The number of fused-ring (bicyclic) bond motifs is 1. The summed E-state index contributed by atoms with van der Waals surface area (Å²) < 4.78 is 0. The molecule has 5 rings (SSSR count). The molecule has 1 fully saturated rings. The first-order chi connectivity index (χ1) is 16.1. The molecule has 0 saturated carbocycles. The number of amides is 4. The minimum Gasteiger partial charge on any atom is -0.348 e. The Kier molecular flexibility index (Phi) is 5.42. The summed E-state index contributed by atoms with van der Waals surface area (Å²) in [5.74, 6) is -0.804. The topological polar surface area (TPSA) is 78.5 Å². The zero-order chi connectivity index (χ0) is 22.8. The number of carbonyl (C=O) groups is 3. The minimum absolute atomic E-state index is 0.115. The molecule has 2 aliphatic rings. The second-order valence-corrected chi connectivity index (χ2v) is 8.51. The lowest BCUT2D eigenvalue weighted by Gasteiger charge is -2.28. The van der Waals surface area contributed by atoms with Crippen LogP contribution < -0.4 is 10.6 Å². The molecule has 3 aromatic carbocycles. The number of carbonyl (C=O) groups excluding carboxylic acids is 3. The molecule has 1 atom stereocenters. The Hall–Kier alpha value is -3.93. The van der Waals surface area contributed by atoms with Gasteiger partial charge in [-0.1, -0.05) is 84.9 Å². The highest BCUT2D eigenvalue weighted by atomic mass is 16.2. The molecule has 1 saturated heterocycles. The van der Waals surface area contributed by atoms with Crippen molar-refractivity contribution in [1.82, 2.24) is 15.5 Å². The van der Waals surface area contributed by atoms with Crippen molar-refractivity contribution in [3.63, 3.8) is 0 Å². The van der Waals surface area contributed by atoms with Gasteiger partial charge in [-0.2, -0.15) is 0 Å². The number of urea groups is 1. The third kappa shape index (κ3) is 3.67. The third-order valence-electron chi connectivity index (χ3n) is 6.53. The lowest BCUT2D eigenvalue weighted by atomic mass is 9.82. The Labute approximate surface area is 192 Å². The number of benzene rings is 3. The molecule has 0 bridgehead atoms. The molecule has 6 nitrogen and oxygen atoms in total. The summed E-state index contributed by atoms with van der Waals surface area (Å²) in [6.07, 6.45) is 2.81. The van der Waals surface area contributed by atoms with Gasteiger partial charge < -0.3 is 10.6 Å². The zero-order valence-corrected chi connectivity index (χ0v) is 18.2. The SMILES string of the molecule is O=C(CN1C(=O)NC(c2ccccc2)(c2ccccc2)C1=O)N[C@@H]1CCCc2ccccc21. The molecule has 4 amide bonds. The van der Waals surface area contributed by atoms with Gasteiger partial charge in [-0.25, -0.2) is 4.79 Å². The average Bonchev–Trinajstić information content (AvgIpc) is 3.11. The monoisotopic (exact) mass is 439 g/mol. The van der Waals surface area contributed by atoms with Crippen molar-refractivity contribution >= 4 is 17.8 Å². The Bertz CT molecular complexity index is 1150. The van der Waals surface area contributed by atoms with E-state index in [1.807, 2.05) is 78.9 Å². The molecule has 33 heavy (non-hydrogen) atoms. The van der Waals surface area contributed by atoms with Gasteiger partial charge in [-0.05, 0) is 41.5 Å². The fourth-order valence-corrected chi connectivity index (χ4v) is 4.94. The summed E-state index contributed by atoms with van der Waals surface area (Å²) in [4.78, 5) is 40.7. The van der Waals surface area contributed by atoms with Crippen molar-refractivity contribution in [1.29, 1.82) is 0 Å². The quantitative estimate of drug-likeness (QED) is 0.596. The molecule has 1 aliphatic heterocycles. The van der Waals surface area contributed by atoms with Gasteiger partial charge in [0.25, 0.3) is 5.91 Å². The Morgan fingerprint density at radius 2 is 1.52 bits per heavy atom. The van der Waals surface area contributed by atoms with E-state index in [1.54, 1.807) is 0 Å². The summed E-state index contributed by atoms with van der Waals surface area (Å²) in [6.45, 7) is -0.329. The number of hydrogen-bond acceptors (Lipinski definition) is 3. The van der Waals surface area contributed by atoms with Gasteiger partial charge in [0.15, 0.2) is 5.54 Å². The van der Waals surface area contributed by atoms with E-state index in [2.05, 4.69) is 16.7 Å². The van der Waals surface area contributed by atoms with E-state index < -0.39 is 17.5 Å². The normalized spacial score (nSPS) is 19.0. The van der Waals surface area contributed by atoms with Crippen molar-refractivity contribution in [3.05, 3.63) is 107 Å². The van der Waals surface area contributed by atoms with E-state index in [1.165, 1.54) is 5.56 Å². The van der Waals surface area contributed by atoms with Crippen molar-refractivity contribution in [3.8, 4) is 0 Å². The molecule has 0 aromatic heterocycles. The number of aryl methyl sites for hydroxylation is 1. The largest absolute Gasteiger partial charge is 0.348 e. The van der Waals surface area contributed by atoms with Gasteiger partial charge in [0.1, 0.15) is 6.54 Å². The van der Waals surface area contributed by atoms with Gasteiger partial charge >= 0.3 is 6.03 Å². The van der Waals surface area contributed by atoms with E-state index in [0.29, 0.717) is 11.1 Å². The number of hydrogen-bond donors (Lipinski definition) is 2. The molecule has 3 aromatic rings. The van der Waals surface area contributed by atoms with Crippen LogP contribution in [0.25, 0.3) is 0 Å². The zero-order valence-electron chi connectivity index (χ0n) is 18.2. The van der Waals surface area contributed by atoms with Crippen LogP contribution in [0, 0.1) is 0 Å². The first kappa shape index (κ1) is 20.9. The smallest absolute Gasteiger partial charge is 0.326 e. The molecule has 2 N–H and O–H groups in total. The van der Waals surface area contributed by atoms with E-state index in [9.17, 15) is 14.4 Å². The molecule has 0 radical (unpaired) electrons. The van der Waals surface area contributed by atoms with E-state index >= 15 is 0 Å². The molecule has 1 heterocycles. The Morgan fingerprint density at radius 3 is 2.18 bits per heavy atom. The van der Waals surface area contributed by atoms with Crippen molar-refractivity contribution < 1.29 is 14.4 Å². The molecule has 166 valence electrons. The maximum absolute atomic E-state index is 13.7. The first-order valence-electron chi connectivity index (χ1n) is 11.2. The van der Waals surface area contributed by atoms with Crippen LogP contribution in [0.15, 0.2) is 84.9 Å². The summed E-state index contributed by atoms with van der Waals surface area (Å²) in [6, 6.07) is 25.7. The van der Waals surface area contributed by atoms with E-state index in [4.69, 9.17) is 0 Å². The van der Waals surface area contributed by atoms with Gasteiger partial charge in [0, 0.05) is 0 Å². The highest BCUT2D eigenvalue weighted by Gasteiger charge is 2.54. The molecule has 0 unspecified atom stereocenters. The van der Waals surface area contributed by atoms with Crippen LogP contribution in [0.4, 0.5) is 4.79 Å². The second-order valence-electron chi connectivity index (χ2n) is 8.51. The van der Waals surface area contributed by atoms with Gasteiger partial charge in [0.2, 0.25) is 5.91 Å². The lowest BCUT2D eigenvalue weighted by molar-refractivity contribution is -0.134. The summed E-state index contributed by atoms with van der Waals surface area (Å²) >= 11 is 0. The number of imide groups is 1. The van der Waals surface area contributed by atoms with Crippen LogP contribution in [-0.4, -0.2) is 29.3 Å². The van der Waals surface area contributed by atoms with Crippen molar-refractivity contribution in [2.45, 2.75) is 30.8 Å². The number of nitrogens with zero attached hydrogens (tertiary/aromatic N) is 1. The predicted molar refractivity (Wildman–Crippen MR) is 124 cm³/mol. The van der Waals surface area contributed by atoms with Gasteiger partial charge in [0.05, 0.1) is 6.04 Å². The fourth-order valence-electron chi connectivity index (χ4n) is 4.94. The maximum atomic E-state index is 13.7. The van der Waals surface area contributed by atoms with Crippen LogP contribution >= 0.6 is 0 Å². The Morgan fingerprint density at radius 1 is 0.909 bits per heavy atom. The highest BCUT2D eigenvalue weighted by Crippen LogP contribution is 2.36. The molecule has 1 aliphatic carbocycles. The van der Waals surface area contributed by atoms with Crippen molar-refractivity contribution in [2.24, 2.45) is 0 Å². The Balaban J connectivity index is 1.41. The third-order valence-corrected chi connectivity index (χ3v) is 6.53. The first-order valence-corrected chi connectivity index (χ1v) is 11.2. The molecular formula is C27H25N3O3. The van der Waals surface area contributed by atoms with Gasteiger partial charge in [-0.15, -0.1) is 0 Å². The summed E-state index contributed by atoms with van der Waals surface area (Å²) in [5.41, 5.74) is 2.28. The van der Waals surface area contributed by atoms with Crippen molar-refractivity contribution in [2.75, 3.05) is 6.54 Å². The standard InChI is InChI=1S/C27H25N3O3/c31-24(28-23-17-9-11-19-10-7-8-16-22(19)23)18-30-25(32)27(29-26(30)33,20-12-3-1-4-13-20)21-14-5-2-6-15-21/h1-8,10,12-16,23H,9,11,17-18H2,(H,28,31)(H,29,33)/t23-/m1/s1. The maximum Gasteiger partial charge on any atom is 0.326 e. The second kappa shape index (κ2) is 8.54. The summed E-state index contributed by atoms with van der Waals surface area (Å²) in [7, 11) is 0. The van der Waals surface area contributed by atoms with Crippen LogP contribution in [0.1, 0.15) is 41.1 Å². The molecule has 0 spiro atoms. The van der Waals surface area contributed by atoms with Gasteiger partial charge in [-0.3, -0.25) is 14.5 Å². The number of rotatable bonds is 5. The average molecular weight is 440 g/mol. The predicted octanol–water partition coefficient (Wildman–Crippen LogP) is 3.68. The molecular weight excluding hydrogens is 414 g/mol. The lowest BCUT2D eigenvalue weighted by Crippen LogP contribution is -2.46. The minimum atomic E-state index is -1.36. The van der Waals surface area contributed by atoms with Crippen LogP contribution in [0.3, 0.4) is 0 Å². The fraction of sp³-hybridized carbons (Fsp3) is 0.222. The van der Waals surface area contributed by atoms with Crippen LogP contribution in [-0.2, 0) is 21.5 Å². The summed E-state index contributed by atoms with van der Waals surface area (Å²) in [5, 5.41) is 5.92. The number of nitrogens with one attached hydrogen (secondary N) is 2. The van der Waals surface area contributed by atoms with Crippen LogP contribution in [0.5, 0.6) is 0 Å². The van der Waals surface area contributed by atoms with E-state index in [0.717, 1.165) is 29.7 Å². The molecule has 6 heteroatoms. The highest BCUT2D eigenvalue weighted by molar-refractivity contribution is 6.11. The van der Waals surface area contributed by atoms with Crippen LogP contribution in [0.2, 0.25) is 0 Å².